The zero-order chi connectivity index (χ0) is 9.97. The first-order valence-electron chi connectivity index (χ1n) is 4.34. The molecule has 3 heteroatoms. The number of aromatic hydroxyl groups is 1. The summed E-state index contributed by atoms with van der Waals surface area (Å²) < 4.78 is 0. The molecule has 0 spiro atoms. The molecule has 0 saturated carbocycles. The van der Waals surface area contributed by atoms with Crippen LogP contribution in [0.5, 0.6) is 5.75 Å². The number of aromatic nitrogens is 2. The number of rotatable bonds is 1. The van der Waals surface area contributed by atoms with Crippen molar-refractivity contribution in [1.29, 1.82) is 0 Å². The Kier molecular flexibility index (Phi) is 2.14. The molecule has 0 atom stereocenters. The van der Waals surface area contributed by atoms with Gasteiger partial charge in [0.1, 0.15) is 11.4 Å². The average molecular weight is 186 g/mol. The highest BCUT2D eigenvalue weighted by molar-refractivity contribution is 5.64. The van der Waals surface area contributed by atoms with Gasteiger partial charge in [-0.05, 0) is 31.2 Å². The maximum atomic E-state index is 9.54. The minimum absolute atomic E-state index is 0.179. The molecule has 2 rings (SSSR count). The molecule has 3 nitrogen and oxygen atoms in total. The number of hydrogen-bond acceptors (Lipinski definition) is 3. The van der Waals surface area contributed by atoms with E-state index in [1.165, 1.54) is 0 Å². The highest BCUT2D eigenvalue weighted by Gasteiger charge is 2.03. The molecule has 0 aliphatic rings. The van der Waals surface area contributed by atoms with Crippen molar-refractivity contribution in [3.63, 3.8) is 0 Å². The maximum absolute atomic E-state index is 9.54. The van der Waals surface area contributed by atoms with Gasteiger partial charge in [0.05, 0.1) is 0 Å². The van der Waals surface area contributed by atoms with E-state index in [2.05, 4.69) is 9.97 Å². The number of pyridine rings is 2. The van der Waals surface area contributed by atoms with Gasteiger partial charge in [0.25, 0.3) is 0 Å². The van der Waals surface area contributed by atoms with Gasteiger partial charge in [-0.2, -0.15) is 0 Å². The van der Waals surface area contributed by atoms with Crippen LogP contribution in [-0.4, -0.2) is 15.1 Å². The summed E-state index contributed by atoms with van der Waals surface area (Å²) in [5.41, 5.74) is 2.35. The topological polar surface area (TPSA) is 46.0 Å². The predicted octanol–water partition coefficient (Wildman–Crippen LogP) is 2.16. The Labute approximate surface area is 82.1 Å². The summed E-state index contributed by atoms with van der Waals surface area (Å²) in [6, 6.07) is 7.09. The zero-order valence-electron chi connectivity index (χ0n) is 7.81. The van der Waals surface area contributed by atoms with Crippen molar-refractivity contribution in [2.75, 3.05) is 0 Å². The fourth-order valence-electron chi connectivity index (χ4n) is 1.23. The van der Waals surface area contributed by atoms with Crippen molar-refractivity contribution in [1.82, 2.24) is 9.97 Å². The van der Waals surface area contributed by atoms with Gasteiger partial charge >= 0.3 is 0 Å². The van der Waals surface area contributed by atoms with Crippen molar-refractivity contribution in [2.24, 2.45) is 0 Å². The van der Waals surface area contributed by atoms with Crippen LogP contribution in [0.15, 0.2) is 36.7 Å². The monoisotopic (exact) mass is 186 g/mol. The Morgan fingerprint density at radius 2 is 2.00 bits per heavy atom. The lowest BCUT2D eigenvalue weighted by molar-refractivity contribution is 0.475. The van der Waals surface area contributed by atoms with Crippen LogP contribution in [0.2, 0.25) is 0 Å². The van der Waals surface area contributed by atoms with Gasteiger partial charge in [-0.15, -0.1) is 0 Å². The molecule has 1 N–H and O–H groups in total. The summed E-state index contributed by atoms with van der Waals surface area (Å²) in [4.78, 5) is 8.23. The van der Waals surface area contributed by atoms with Crippen LogP contribution < -0.4 is 0 Å². The summed E-state index contributed by atoms with van der Waals surface area (Å²) in [5.74, 6) is 0.179. The lowest BCUT2D eigenvalue weighted by atomic mass is 10.1. The molecule has 14 heavy (non-hydrogen) atoms. The first-order chi connectivity index (χ1) is 6.77. The quantitative estimate of drug-likeness (QED) is 0.742. The van der Waals surface area contributed by atoms with Crippen LogP contribution in [-0.2, 0) is 0 Å². The highest BCUT2D eigenvalue weighted by Crippen LogP contribution is 2.24. The number of hydrogen-bond donors (Lipinski definition) is 1. The average Bonchev–Trinajstić information content (AvgIpc) is 2.20. The minimum Gasteiger partial charge on any atom is -0.506 e. The minimum atomic E-state index is 0.179. The van der Waals surface area contributed by atoms with Crippen LogP contribution in [0.4, 0.5) is 0 Å². The van der Waals surface area contributed by atoms with Gasteiger partial charge in [0.2, 0.25) is 0 Å². The van der Waals surface area contributed by atoms with E-state index in [1.807, 2.05) is 19.1 Å². The third kappa shape index (κ3) is 1.57. The third-order valence-corrected chi connectivity index (χ3v) is 1.97. The van der Waals surface area contributed by atoms with Crippen molar-refractivity contribution in [3.05, 3.63) is 42.4 Å². The molecule has 2 aromatic heterocycles. The standard InChI is InChI=1S/C11H10N2O/c1-8-4-5-9(7-13-8)11-10(14)3-2-6-12-11/h2-7,14H,1H3. The molecule has 0 fully saturated rings. The zero-order valence-corrected chi connectivity index (χ0v) is 7.81. The molecule has 70 valence electrons. The van der Waals surface area contributed by atoms with Crippen LogP contribution in [0.25, 0.3) is 11.3 Å². The van der Waals surface area contributed by atoms with E-state index < -0.39 is 0 Å². The number of nitrogens with zero attached hydrogens (tertiary/aromatic N) is 2. The van der Waals surface area contributed by atoms with E-state index in [0.29, 0.717) is 5.69 Å². The van der Waals surface area contributed by atoms with Crippen molar-refractivity contribution < 1.29 is 5.11 Å². The van der Waals surface area contributed by atoms with Gasteiger partial charge in [-0.25, -0.2) is 0 Å². The summed E-state index contributed by atoms with van der Waals surface area (Å²) in [7, 11) is 0. The van der Waals surface area contributed by atoms with Crippen LogP contribution >= 0.6 is 0 Å². The Hall–Kier alpha value is -1.90. The lowest BCUT2D eigenvalue weighted by Gasteiger charge is -2.02. The maximum Gasteiger partial charge on any atom is 0.141 e. The lowest BCUT2D eigenvalue weighted by Crippen LogP contribution is -1.86. The van der Waals surface area contributed by atoms with E-state index in [0.717, 1.165) is 11.3 Å². The second-order valence-electron chi connectivity index (χ2n) is 3.06. The molecule has 0 aliphatic heterocycles. The molecule has 0 saturated heterocycles. The third-order valence-electron chi connectivity index (χ3n) is 1.97. The van der Waals surface area contributed by atoms with E-state index in [4.69, 9.17) is 0 Å². The molecule has 2 heterocycles. The smallest absolute Gasteiger partial charge is 0.141 e. The second kappa shape index (κ2) is 3.46. The molecule has 0 amide bonds. The largest absolute Gasteiger partial charge is 0.506 e. The molecule has 0 bridgehead atoms. The van der Waals surface area contributed by atoms with E-state index in [1.54, 1.807) is 24.5 Å². The van der Waals surface area contributed by atoms with Crippen LogP contribution in [0.1, 0.15) is 5.69 Å². The molecule has 2 aromatic rings. The van der Waals surface area contributed by atoms with E-state index in [9.17, 15) is 5.11 Å². The Balaban J connectivity index is 2.50. The van der Waals surface area contributed by atoms with Gasteiger partial charge in [0.15, 0.2) is 0 Å². The van der Waals surface area contributed by atoms with Gasteiger partial charge < -0.3 is 5.11 Å². The van der Waals surface area contributed by atoms with E-state index >= 15 is 0 Å². The SMILES string of the molecule is Cc1ccc(-c2ncccc2O)cn1. The molecule has 0 radical (unpaired) electrons. The van der Waals surface area contributed by atoms with Gasteiger partial charge in [0, 0.05) is 23.7 Å². The van der Waals surface area contributed by atoms with Crippen molar-refractivity contribution in [2.45, 2.75) is 6.92 Å². The second-order valence-corrected chi connectivity index (χ2v) is 3.06. The molecule has 0 aromatic carbocycles. The first-order valence-corrected chi connectivity index (χ1v) is 4.34. The van der Waals surface area contributed by atoms with Crippen LogP contribution in [0, 0.1) is 6.92 Å². The summed E-state index contributed by atoms with van der Waals surface area (Å²) in [5, 5.41) is 9.54. The number of aryl methyl sites for hydroxylation is 1. The highest BCUT2D eigenvalue weighted by atomic mass is 16.3. The predicted molar refractivity (Wildman–Crippen MR) is 53.9 cm³/mol. The summed E-state index contributed by atoms with van der Waals surface area (Å²) in [6.45, 7) is 1.92. The van der Waals surface area contributed by atoms with Gasteiger partial charge in [-0.1, -0.05) is 0 Å². The summed E-state index contributed by atoms with van der Waals surface area (Å²) in [6.07, 6.45) is 3.35. The summed E-state index contributed by atoms with van der Waals surface area (Å²) >= 11 is 0. The Morgan fingerprint density at radius 1 is 1.14 bits per heavy atom. The fraction of sp³-hybridized carbons (Fsp3) is 0.0909. The van der Waals surface area contributed by atoms with Crippen LogP contribution in [0.3, 0.4) is 0 Å². The molecule has 0 aliphatic carbocycles. The van der Waals surface area contributed by atoms with E-state index in [-0.39, 0.29) is 5.75 Å². The molecular formula is C11H10N2O. The van der Waals surface area contributed by atoms with Crippen molar-refractivity contribution >= 4 is 0 Å². The molecular weight excluding hydrogens is 176 g/mol. The Bertz CT molecular complexity index is 437. The van der Waals surface area contributed by atoms with Crippen molar-refractivity contribution in [3.8, 4) is 17.0 Å². The Morgan fingerprint density at radius 3 is 2.64 bits per heavy atom. The van der Waals surface area contributed by atoms with Gasteiger partial charge in [-0.3, -0.25) is 9.97 Å². The first kappa shape index (κ1) is 8.69. The fourth-order valence-corrected chi connectivity index (χ4v) is 1.23. The normalized spacial score (nSPS) is 10.1. The molecule has 0 unspecified atom stereocenters.